The molecule has 2 aliphatic carbocycles. The minimum Gasteiger partial charge on any atom is -0.414 e. The molecule has 0 radical (unpaired) electrons. The first-order valence-electron chi connectivity index (χ1n) is 4.96. The molecule has 0 unspecified atom stereocenters. The average molecular weight is 198 g/mol. The largest absolute Gasteiger partial charge is 0.414 e. The fourth-order valence-electron chi connectivity index (χ4n) is 1.35. The Morgan fingerprint density at radius 2 is 2.33 bits per heavy atom. The van der Waals surface area contributed by atoms with E-state index in [0.717, 1.165) is 19.3 Å². The molecule has 0 spiro atoms. The zero-order chi connectivity index (χ0) is 10.5. The number of esters is 1. The van der Waals surface area contributed by atoms with E-state index in [9.17, 15) is 4.79 Å². The lowest BCUT2D eigenvalue weighted by molar-refractivity contribution is -0.134. The molecular formula is C13H10O2. The van der Waals surface area contributed by atoms with Crippen LogP contribution in [-0.4, -0.2) is 5.97 Å². The van der Waals surface area contributed by atoms with Crippen LogP contribution in [0.25, 0.3) is 0 Å². The van der Waals surface area contributed by atoms with Crippen LogP contribution in [-0.2, 0) is 9.53 Å². The molecule has 2 rings (SSSR count). The van der Waals surface area contributed by atoms with Gasteiger partial charge in [-0.25, -0.2) is 4.79 Å². The highest BCUT2D eigenvalue weighted by molar-refractivity contribution is 5.89. The molecule has 0 aromatic heterocycles. The fourth-order valence-corrected chi connectivity index (χ4v) is 1.35. The predicted octanol–water partition coefficient (Wildman–Crippen LogP) is 2.24. The summed E-state index contributed by atoms with van der Waals surface area (Å²) >= 11 is 0. The van der Waals surface area contributed by atoms with E-state index in [1.807, 2.05) is 12.2 Å². The summed E-state index contributed by atoms with van der Waals surface area (Å²) in [5, 5.41) is 0. The topological polar surface area (TPSA) is 26.3 Å². The van der Waals surface area contributed by atoms with E-state index in [0.29, 0.717) is 17.8 Å². The van der Waals surface area contributed by atoms with Crippen molar-refractivity contribution in [3.8, 4) is 11.8 Å². The van der Waals surface area contributed by atoms with Gasteiger partial charge in [0.15, 0.2) is 5.76 Å². The first-order valence-corrected chi connectivity index (χ1v) is 4.96. The molecule has 2 nitrogen and oxygen atoms in total. The molecule has 0 amide bonds. The summed E-state index contributed by atoms with van der Waals surface area (Å²) in [6.07, 6.45) is 6.89. The molecule has 74 valence electrons. The number of hydrogen-bond donors (Lipinski definition) is 0. The monoisotopic (exact) mass is 198 g/mol. The first kappa shape index (κ1) is 9.62. The van der Waals surface area contributed by atoms with Crippen molar-refractivity contribution in [3.05, 3.63) is 34.9 Å². The van der Waals surface area contributed by atoms with E-state index >= 15 is 0 Å². The normalized spacial score (nSPS) is 17.3. The van der Waals surface area contributed by atoms with Crippen molar-refractivity contribution < 1.29 is 9.53 Å². The molecule has 2 aliphatic rings. The smallest absolute Gasteiger partial charge is 0.348 e. The highest BCUT2D eigenvalue weighted by Crippen LogP contribution is 2.13. The highest BCUT2D eigenvalue weighted by Gasteiger charge is 2.13. The minimum atomic E-state index is -0.349. The number of carbonyl (C=O) groups excluding carboxylic acids is 1. The fraction of sp³-hybridized carbons (Fsp3) is 0.308. The predicted molar refractivity (Wildman–Crippen MR) is 55.5 cm³/mol. The maximum Gasteiger partial charge on any atom is 0.348 e. The van der Waals surface area contributed by atoms with Crippen molar-refractivity contribution in [2.45, 2.75) is 25.7 Å². The van der Waals surface area contributed by atoms with Gasteiger partial charge in [0.05, 0.1) is 5.57 Å². The number of carbonyl (C=O) groups is 1. The van der Waals surface area contributed by atoms with Gasteiger partial charge in [-0.1, -0.05) is 17.4 Å². The Bertz CT molecular complexity index is 470. The Balaban J connectivity index is 2.06. The van der Waals surface area contributed by atoms with Gasteiger partial charge in [0.2, 0.25) is 0 Å². The van der Waals surface area contributed by atoms with Gasteiger partial charge in [-0.2, -0.15) is 0 Å². The second-order valence-corrected chi connectivity index (χ2v) is 3.29. The molecule has 0 bridgehead atoms. The molecule has 0 aromatic carbocycles. The van der Waals surface area contributed by atoms with Crippen LogP contribution in [0.3, 0.4) is 0 Å². The highest BCUT2D eigenvalue weighted by atomic mass is 16.5. The summed E-state index contributed by atoms with van der Waals surface area (Å²) in [6.45, 7) is 0. The third-order valence-corrected chi connectivity index (χ3v) is 2.12. The van der Waals surface area contributed by atoms with Crippen molar-refractivity contribution in [2.24, 2.45) is 0 Å². The first-order chi connectivity index (χ1) is 7.36. The van der Waals surface area contributed by atoms with Gasteiger partial charge in [-0.15, -0.1) is 0 Å². The molecule has 2 heteroatoms. The van der Waals surface area contributed by atoms with Crippen molar-refractivity contribution >= 4 is 5.97 Å². The second kappa shape index (κ2) is 4.53. The number of hydrogen-bond acceptors (Lipinski definition) is 2. The van der Waals surface area contributed by atoms with Crippen LogP contribution in [0.5, 0.6) is 0 Å². The quantitative estimate of drug-likeness (QED) is 0.386. The van der Waals surface area contributed by atoms with Crippen LogP contribution in [0.4, 0.5) is 0 Å². The van der Waals surface area contributed by atoms with Gasteiger partial charge < -0.3 is 4.74 Å². The van der Waals surface area contributed by atoms with E-state index < -0.39 is 0 Å². The van der Waals surface area contributed by atoms with Crippen LogP contribution in [0, 0.1) is 11.8 Å². The lowest BCUT2D eigenvalue weighted by Crippen LogP contribution is -2.08. The molecule has 0 fully saturated rings. The van der Waals surface area contributed by atoms with E-state index in [-0.39, 0.29) is 5.97 Å². The lowest BCUT2D eigenvalue weighted by atomic mass is 10.1. The second-order valence-electron chi connectivity index (χ2n) is 3.29. The van der Waals surface area contributed by atoms with Crippen molar-refractivity contribution in [3.63, 3.8) is 0 Å². The molecule has 0 aliphatic heterocycles. The molecule has 0 saturated carbocycles. The molecule has 0 atom stereocenters. The van der Waals surface area contributed by atoms with E-state index in [4.69, 9.17) is 4.74 Å². The van der Waals surface area contributed by atoms with Crippen molar-refractivity contribution in [2.75, 3.05) is 0 Å². The van der Waals surface area contributed by atoms with Gasteiger partial charge in [0.25, 0.3) is 0 Å². The summed E-state index contributed by atoms with van der Waals surface area (Å²) in [6, 6.07) is 0. The Kier molecular flexibility index (Phi) is 2.90. The SMILES string of the molecule is O=C(OC1=CCCC#C1)C1=C=C=CCC1. The standard InChI is InChI=1S/C13H10O2/c14-13(11-7-3-1-4-8-11)15-12-9-5-2-6-10-12/h1,9H,2-3,5,7H2. The number of ether oxygens (including phenoxy) is 1. The van der Waals surface area contributed by atoms with Gasteiger partial charge in [-0.05, 0) is 37.3 Å². The van der Waals surface area contributed by atoms with Gasteiger partial charge in [-0.3, -0.25) is 0 Å². The molecular weight excluding hydrogens is 188 g/mol. The summed E-state index contributed by atoms with van der Waals surface area (Å²) in [5.74, 6) is 5.80. The van der Waals surface area contributed by atoms with E-state index in [1.54, 1.807) is 0 Å². The Morgan fingerprint density at radius 3 is 3.00 bits per heavy atom. The zero-order valence-corrected chi connectivity index (χ0v) is 8.30. The number of allylic oxidation sites excluding steroid dienone is 3. The van der Waals surface area contributed by atoms with Crippen LogP contribution < -0.4 is 0 Å². The summed E-state index contributed by atoms with van der Waals surface area (Å²) in [7, 11) is 0. The Labute approximate surface area is 88.6 Å². The minimum absolute atomic E-state index is 0.349. The molecule has 15 heavy (non-hydrogen) atoms. The van der Waals surface area contributed by atoms with Crippen LogP contribution in [0.15, 0.2) is 34.9 Å². The van der Waals surface area contributed by atoms with E-state index in [1.165, 1.54) is 0 Å². The van der Waals surface area contributed by atoms with E-state index in [2.05, 4.69) is 23.3 Å². The van der Waals surface area contributed by atoms with Gasteiger partial charge in [0, 0.05) is 6.42 Å². The Hall–Kier alpha value is -1.93. The summed E-state index contributed by atoms with van der Waals surface area (Å²) < 4.78 is 5.13. The summed E-state index contributed by atoms with van der Waals surface area (Å²) in [5.41, 5.74) is 6.10. The third kappa shape index (κ3) is 2.51. The lowest BCUT2D eigenvalue weighted by Gasteiger charge is -2.06. The van der Waals surface area contributed by atoms with Gasteiger partial charge >= 0.3 is 5.97 Å². The van der Waals surface area contributed by atoms with Crippen molar-refractivity contribution in [1.29, 1.82) is 0 Å². The van der Waals surface area contributed by atoms with Crippen LogP contribution in [0.2, 0.25) is 0 Å². The Morgan fingerprint density at radius 1 is 1.40 bits per heavy atom. The van der Waals surface area contributed by atoms with Crippen molar-refractivity contribution in [1.82, 2.24) is 0 Å². The van der Waals surface area contributed by atoms with Crippen LogP contribution in [0.1, 0.15) is 25.7 Å². The van der Waals surface area contributed by atoms with Crippen LogP contribution >= 0.6 is 0 Å². The third-order valence-electron chi connectivity index (χ3n) is 2.12. The maximum absolute atomic E-state index is 11.6. The average Bonchev–Trinajstić information content (AvgIpc) is 2.31. The molecule has 0 N–H and O–H groups in total. The summed E-state index contributed by atoms with van der Waals surface area (Å²) in [4.78, 5) is 11.6. The zero-order valence-electron chi connectivity index (χ0n) is 8.30. The molecule has 0 heterocycles. The number of rotatable bonds is 2. The molecule has 0 saturated heterocycles. The molecule has 0 aromatic rings. The van der Waals surface area contributed by atoms with Gasteiger partial charge in [0.1, 0.15) is 0 Å². The maximum atomic E-state index is 11.6.